The van der Waals surface area contributed by atoms with Crippen LogP contribution >= 0.6 is 0 Å². The summed E-state index contributed by atoms with van der Waals surface area (Å²) in [4.78, 5) is 24.6. The maximum atomic E-state index is 12.3. The van der Waals surface area contributed by atoms with E-state index in [0.717, 1.165) is 6.42 Å². The van der Waals surface area contributed by atoms with E-state index in [0.29, 0.717) is 23.5 Å². The summed E-state index contributed by atoms with van der Waals surface area (Å²) in [5.41, 5.74) is 1.20. The van der Waals surface area contributed by atoms with Crippen LogP contribution in [-0.4, -0.2) is 32.8 Å². The van der Waals surface area contributed by atoms with E-state index in [9.17, 15) is 18.0 Å². The van der Waals surface area contributed by atoms with Crippen LogP contribution in [0.1, 0.15) is 56.0 Å². The summed E-state index contributed by atoms with van der Waals surface area (Å²) >= 11 is 0. The number of nitrogens with one attached hydrogen (secondary N) is 2. The van der Waals surface area contributed by atoms with Crippen LogP contribution < -0.4 is 14.8 Å². The molecule has 2 N–H and O–H groups in total. The zero-order valence-electron chi connectivity index (χ0n) is 18.2. The number of hydrogen-bond donors (Lipinski definition) is 2. The Balaban J connectivity index is 1.84. The minimum atomic E-state index is -3.60. The fourth-order valence-corrected chi connectivity index (χ4v) is 4.14. The van der Waals surface area contributed by atoms with Gasteiger partial charge >= 0.3 is 0 Å². The molecule has 2 aromatic carbocycles. The average Bonchev–Trinajstić information content (AvgIpc) is 2.74. The zero-order chi connectivity index (χ0) is 22.9. The molecule has 0 unspecified atom stereocenters. The number of amides is 1. The second kappa shape index (κ2) is 11.6. The summed E-state index contributed by atoms with van der Waals surface area (Å²) in [5.74, 6) is 0.318. The zero-order valence-corrected chi connectivity index (χ0v) is 19.0. The van der Waals surface area contributed by atoms with Crippen LogP contribution in [0, 0.1) is 0 Å². The third kappa shape index (κ3) is 8.15. The van der Waals surface area contributed by atoms with E-state index in [-0.39, 0.29) is 42.0 Å². The molecule has 0 aromatic heterocycles. The van der Waals surface area contributed by atoms with Gasteiger partial charge in [-0.3, -0.25) is 9.59 Å². The number of hydrogen-bond acceptors (Lipinski definition) is 5. The van der Waals surface area contributed by atoms with Gasteiger partial charge in [-0.25, -0.2) is 13.1 Å². The SMILES string of the molecule is CCCOc1ccc(C(=O)CCC(=O)NCc2cccc(S(=O)(=O)NC(C)C)c2)cc1. The average molecular weight is 447 g/mol. The van der Waals surface area contributed by atoms with Crippen LogP contribution in [0.25, 0.3) is 0 Å². The fraction of sp³-hybridized carbons (Fsp3) is 0.391. The molecule has 8 heteroatoms. The Morgan fingerprint density at radius 1 is 1.03 bits per heavy atom. The van der Waals surface area contributed by atoms with E-state index in [1.54, 1.807) is 50.2 Å². The molecule has 0 aliphatic carbocycles. The minimum Gasteiger partial charge on any atom is -0.494 e. The van der Waals surface area contributed by atoms with Crippen molar-refractivity contribution in [1.29, 1.82) is 0 Å². The molecule has 0 radical (unpaired) electrons. The van der Waals surface area contributed by atoms with Gasteiger partial charge < -0.3 is 10.1 Å². The predicted molar refractivity (Wildman–Crippen MR) is 120 cm³/mol. The Morgan fingerprint density at radius 3 is 2.39 bits per heavy atom. The molecule has 0 heterocycles. The van der Waals surface area contributed by atoms with Crippen LogP contribution in [0.15, 0.2) is 53.4 Å². The first-order valence-corrected chi connectivity index (χ1v) is 11.8. The van der Waals surface area contributed by atoms with E-state index >= 15 is 0 Å². The number of sulfonamides is 1. The van der Waals surface area contributed by atoms with Crippen LogP contribution in [0.3, 0.4) is 0 Å². The molecule has 0 spiro atoms. The number of ketones is 1. The van der Waals surface area contributed by atoms with Crippen molar-refractivity contribution in [3.63, 3.8) is 0 Å². The Morgan fingerprint density at radius 2 is 1.74 bits per heavy atom. The van der Waals surface area contributed by atoms with Crippen molar-refractivity contribution in [3.05, 3.63) is 59.7 Å². The van der Waals surface area contributed by atoms with E-state index < -0.39 is 10.0 Å². The van der Waals surface area contributed by atoms with Gasteiger partial charge in [-0.1, -0.05) is 19.1 Å². The molecule has 0 bridgehead atoms. The third-order valence-electron chi connectivity index (χ3n) is 4.32. The van der Waals surface area contributed by atoms with Gasteiger partial charge in [-0.15, -0.1) is 0 Å². The highest BCUT2D eigenvalue weighted by atomic mass is 32.2. The highest BCUT2D eigenvalue weighted by molar-refractivity contribution is 7.89. The molecule has 0 aliphatic heterocycles. The van der Waals surface area contributed by atoms with Gasteiger partial charge in [-0.05, 0) is 62.2 Å². The Bertz CT molecular complexity index is 985. The quantitative estimate of drug-likeness (QED) is 0.486. The van der Waals surface area contributed by atoms with Crippen molar-refractivity contribution in [3.8, 4) is 5.75 Å². The third-order valence-corrected chi connectivity index (χ3v) is 5.97. The summed E-state index contributed by atoms with van der Waals surface area (Å²) < 4.78 is 32.6. The lowest BCUT2D eigenvalue weighted by Crippen LogP contribution is -2.30. The molecule has 7 nitrogen and oxygen atoms in total. The predicted octanol–water partition coefficient (Wildman–Crippen LogP) is 3.44. The fourth-order valence-electron chi connectivity index (χ4n) is 2.82. The van der Waals surface area contributed by atoms with Gasteiger partial charge in [0.05, 0.1) is 11.5 Å². The van der Waals surface area contributed by atoms with E-state index in [4.69, 9.17) is 4.74 Å². The Kier molecular flexibility index (Phi) is 9.21. The summed E-state index contributed by atoms with van der Waals surface area (Å²) in [6.45, 7) is 6.32. The first kappa shape index (κ1) is 24.6. The van der Waals surface area contributed by atoms with E-state index in [1.807, 2.05) is 6.92 Å². The molecule has 1 amide bonds. The molecule has 0 saturated carbocycles. The molecule has 2 rings (SSSR count). The van der Waals surface area contributed by atoms with Crippen molar-refractivity contribution in [1.82, 2.24) is 10.0 Å². The van der Waals surface area contributed by atoms with Crippen LogP contribution in [0.5, 0.6) is 5.75 Å². The normalized spacial score (nSPS) is 11.4. The summed E-state index contributed by atoms with van der Waals surface area (Å²) in [6, 6.07) is 13.1. The minimum absolute atomic E-state index is 0.0554. The first-order valence-electron chi connectivity index (χ1n) is 10.4. The number of rotatable bonds is 12. The molecule has 2 aromatic rings. The van der Waals surface area contributed by atoms with Crippen molar-refractivity contribution < 1.29 is 22.7 Å². The van der Waals surface area contributed by atoms with Crippen LogP contribution in [-0.2, 0) is 21.4 Å². The molecular weight excluding hydrogens is 416 g/mol. The van der Waals surface area contributed by atoms with Gasteiger partial charge in [-0.2, -0.15) is 0 Å². The number of benzene rings is 2. The second-order valence-corrected chi connectivity index (χ2v) is 9.21. The lowest BCUT2D eigenvalue weighted by atomic mass is 10.1. The van der Waals surface area contributed by atoms with Gasteiger partial charge in [0.2, 0.25) is 15.9 Å². The van der Waals surface area contributed by atoms with Gasteiger partial charge in [0.1, 0.15) is 5.75 Å². The standard InChI is InChI=1S/C23H30N2O5S/c1-4-14-30-20-10-8-19(9-11-20)22(26)12-13-23(27)24-16-18-6-5-7-21(15-18)31(28,29)25-17(2)3/h5-11,15,17,25H,4,12-14,16H2,1-3H3,(H,24,27). The number of ether oxygens (including phenoxy) is 1. The summed E-state index contributed by atoms with van der Waals surface area (Å²) in [5, 5.41) is 2.73. The lowest BCUT2D eigenvalue weighted by molar-refractivity contribution is -0.121. The molecule has 0 saturated heterocycles. The number of Topliss-reactive ketones (excluding diaryl/α,β-unsaturated/α-hetero) is 1. The summed E-state index contributed by atoms with van der Waals surface area (Å²) in [7, 11) is -3.60. The van der Waals surface area contributed by atoms with Crippen molar-refractivity contribution in [2.24, 2.45) is 0 Å². The Hall–Kier alpha value is -2.71. The van der Waals surface area contributed by atoms with Gasteiger partial charge in [0, 0.05) is 31.0 Å². The van der Waals surface area contributed by atoms with Gasteiger partial charge in [0.25, 0.3) is 0 Å². The lowest BCUT2D eigenvalue weighted by Gasteiger charge is -2.11. The molecule has 168 valence electrons. The first-order chi connectivity index (χ1) is 14.7. The maximum Gasteiger partial charge on any atom is 0.240 e. The molecule has 31 heavy (non-hydrogen) atoms. The Labute approximate surface area is 184 Å². The molecule has 0 fully saturated rings. The van der Waals surface area contributed by atoms with E-state index in [2.05, 4.69) is 10.0 Å². The monoisotopic (exact) mass is 446 g/mol. The van der Waals surface area contributed by atoms with Gasteiger partial charge in [0.15, 0.2) is 5.78 Å². The topological polar surface area (TPSA) is 102 Å². The van der Waals surface area contributed by atoms with Crippen molar-refractivity contribution in [2.45, 2.75) is 57.5 Å². The maximum absolute atomic E-state index is 12.3. The highest BCUT2D eigenvalue weighted by Crippen LogP contribution is 2.15. The highest BCUT2D eigenvalue weighted by Gasteiger charge is 2.16. The number of carbonyl (C=O) groups excluding carboxylic acids is 2. The largest absolute Gasteiger partial charge is 0.494 e. The molecular formula is C23H30N2O5S. The van der Waals surface area contributed by atoms with Crippen LogP contribution in [0.4, 0.5) is 0 Å². The van der Waals surface area contributed by atoms with Crippen molar-refractivity contribution in [2.75, 3.05) is 6.61 Å². The van der Waals surface area contributed by atoms with E-state index in [1.165, 1.54) is 12.1 Å². The molecule has 0 atom stereocenters. The smallest absolute Gasteiger partial charge is 0.240 e. The second-order valence-electron chi connectivity index (χ2n) is 7.50. The summed E-state index contributed by atoms with van der Waals surface area (Å²) in [6.07, 6.45) is 1.05. The van der Waals surface area contributed by atoms with Crippen molar-refractivity contribution >= 4 is 21.7 Å². The number of carbonyl (C=O) groups is 2. The van der Waals surface area contributed by atoms with Crippen LogP contribution in [0.2, 0.25) is 0 Å². The molecule has 0 aliphatic rings.